The Balaban J connectivity index is 2.17. The smallest absolute Gasteiger partial charge is 0.305 e. The van der Waals surface area contributed by atoms with Crippen molar-refractivity contribution in [2.24, 2.45) is 0 Å². The predicted octanol–water partition coefficient (Wildman–Crippen LogP) is 0.230. The first kappa shape index (κ1) is 14.6. The Morgan fingerprint density at radius 1 is 1.33 bits per heavy atom. The van der Waals surface area contributed by atoms with Crippen molar-refractivity contribution in [2.45, 2.75) is 44.6 Å². The number of nitrogens with zero attached hydrogens (tertiary/aromatic N) is 1. The zero-order valence-electron chi connectivity index (χ0n) is 10.6. The second-order valence-corrected chi connectivity index (χ2v) is 4.37. The van der Waals surface area contributed by atoms with Crippen LogP contribution in [0.4, 0.5) is 0 Å². The van der Waals surface area contributed by atoms with Crippen LogP contribution >= 0.6 is 0 Å². The van der Waals surface area contributed by atoms with Crippen LogP contribution in [0.15, 0.2) is 0 Å². The molecule has 1 fully saturated rings. The number of rotatable bonds is 7. The quantitative estimate of drug-likeness (QED) is 0.401. The molecular weight excluding hydrogens is 238 g/mol. The van der Waals surface area contributed by atoms with Gasteiger partial charge in [0.15, 0.2) is 0 Å². The van der Waals surface area contributed by atoms with Gasteiger partial charge in [-0.15, -0.1) is 0 Å². The third-order valence-corrected chi connectivity index (χ3v) is 2.94. The first-order valence-corrected chi connectivity index (χ1v) is 6.12. The zero-order valence-corrected chi connectivity index (χ0v) is 10.6. The van der Waals surface area contributed by atoms with Crippen LogP contribution < -0.4 is 0 Å². The van der Waals surface area contributed by atoms with Crippen LogP contribution in [0.5, 0.6) is 0 Å². The minimum absolute atomic E-state index is 0.0654. The van der Waals surface area contributed by atoms with Gasteiger partial charge in [-0.2, -0.15) is 0 Å². The fraction of sp³-hybridized carbons (Fsp3) is 0.750. The molecule has 6 heteroatoms. The SMILES string of the molecule is COC(=O)CCCCC(O)CN1C(=O)CCC1=O. The molecule has 1 aliphatic heterocycles. The summed E-state index contributed by atoms with van der Waals surface area (Å²) >= 11 is 0. The van der Waals surface area contributed by atoms with Crippen LogP contribution in [0.2, 0.25) is 0 Å². The first-order valence-electron chi connectivity index (χ1n) is 6.12. The molecule has 1 rings (SSSR count). The average molecular weight is 257 g/mol. The number of unbranched alkanes of at least 4 members (excludes halogenated alkanes) is 1. The summed E-state index contributed by atoms with van der Waals surface area (Å²) in [5, 5.41) is 9.71. The van der Waals surface area contributed by atoms with E-state index in [1.165, 1.54) is 7.11 Å². The lowest BCUT2D eigenvalue weighted by molar-refractivity contribution is -0.141. The van der Waals surface area contributed by atoms with E-state index < -0.39 is 6.10 Å². The Hall–Kier alpha value is -1.43. The number of imide groups is 1. The van der Waals surface area contributed by atoms with Crippen molar-refractivity contribution >= 4 is 17.8 Å². The molecule has 0 spiro atoms. The number of methoxy groups -OCH3 is 1. The maximum absolute atomic E-state index is 11.3. The maximum atomic E-state index is 11.3. The molecule has 0 saturated carbocycles. The van der Waals surface area contributed by atoms with Gasteiger partial charge in [0.2, 0.25) is 11.8 Å². The van der Waals surface area contributed by atoms with Gasteiger partial charge in [-0.3, -0.25) is 19.3 Å². The van der Waals surface area contributed by atoms with E-state index in [4.69, 9.17) is 0 Å². The van der Waals surface area contributed by atoms with E-state index in [1.807, 2.05) is 0 Å². The van der Waals surface area contributed by atoms with Crippen LogP contribution in [0, 0.1) is 0 Å². The molecule has 102 valence electrons. The van der Waals surface area contributed by atoms with Crippen molar-refractivity contribution in [2.75, 3.05) is 13.7 Å². The number of carbonyl (C=O) groups excluding carboxylic acids is 3. The number of aliphatic hydroxyl groups is 1. The third kappa shape index (κ3) is 4.44. The van der Waals surface area contributed by atoms with Gasteiger partial charge in [-0.05, 0) is 12.8 Å². The molecule has 0 aliphatic carbocycles. The molecule has 1 aliphatic rings. The summed E-state index contributed by atoms with van der Waals surface area (Å²) in [7, 11) is 1.34. The summed E-state index contributed by atoms with van der Waals surface area (Å²) in [6, 6.07) is 0. The second kappa shape index (κ2) is 7.10. The van der Waals surface area contributed by atoms with Gasteiger partial charge in [-0.1, -0.05) is 6.42 Å². The van der Waals surface area contributed by atoms with Crippen molar-refractivity contribution in [3.63, 3.8) is 0 Å². The van der Waals surface area contributed by atoms with Gasteiger partial charge in [0.05, 0.1) is 19.8 Å². The molecule has 6 nitrogen and oxygen atoms in total. The predicted molar refractivity (Wildman–Crippen MR) is 62.4 cm³/mol. The van der Waals surface area contributed by atoms with Crippen LogP contribution in [-0.2, 0) is 19.1 Å². The summed E-state index contributed by atoms with van der Waals surface area (Å²) in [5.41, 5.74) is 0. The highest BCUT2D eigenvalue weighted by molar-refractivity contribution is 6.01. The lowest BCUT2D eigenvalue weighted by Crippen LogP contribution is -2.36. The van der Waals surface area contributed by atoms with E-state index in [9.17, 15) is 19.5 Å². The highest BCUT2D eigenvalue weighted by Gasteiger charge is 2.30. The van der Waals surface area contributed by atoms with E-state index >= 15 is 0 Å². The minimum Gasteiger partial charge on any atom is -0.469 e. The second-order valence-electron chi connectivity index (χ2n) is 4.37. The number of esters is 1. The molecule has 1 unspecified atom stereocenters. The van der Waals surface area contributed by atoms with Gasteiger partial charge in [0.1, 0.15) is 0 Å². The summed E-state index contributed by atoms with van der Waals surface area (Å²) in [5.74, 6) is -0.698. The van der Waals surface area contributed by atoms with E-state index in [0.29, 0.717) is 25.7 Å². The summed E-state index contributed by atoms with van der Waals surface area (Å²) in [6.45, 7) is 0.0654. The fourth-order valence-corrected chi connectivity index (χ4v) is 1.88. The van der Waals surface area contributed by atoms with Gasteiger partial charge >= 0.3 is 5.97 Å². The Morgan fingerprint density at radius 2 is 1.94 bits per heavy atom. The average Bonchev–Trinajstić information content (AvgIpc) is 2.66. The molecule has 0 aromatic carbocycles. The third-order valence-electron chi connectivity index (χ3n) is 2.94. The number of hydrogen-bond acceptors (Lipinski definition) is 5. The molecule has 0 radical (unpaired) electrons. The molecule has 18 heavy (non-hydrogen) atoms. The van der Waals surface area contributed by atoms with E-state index in [-0.39, 0.29) is 37.2 Å². The number of hydrogen-bond donors (Lipinski definition) is 1. The molecular formula is C12H19NO5. The summed E-state index contributed by atoms with van der Waals surface area (Å²) < 4.78 is 4.49. The Bertz CT molecular complexity index is 312. The number of aliphatic hydroxyl groups excluding tert-OH is 1. The van der Waals surface area contributed by atoms with E-state index in [1.54, 1.807) is 0 Å². The van der Waals surface area contributed by atoms with Crippen LogP contribution in [0.1, 0.15) is 38.5 Å². The molecule has 1 atom stereocenters. The number of carbonyl (C=O) groups is 3. The Labute approximate surface area is 106 Å². The van der Waals surface area contributed by atoms with E-state index in [2.05, 4.69) is 4.74 Å². The monoisotopic (exact) mass is 257 g/mol. The standard InChI is InChI=1S/C12H19NO5/c1-18-12(17)5-3-2-4-9(14)8-13-10(15)6-7-11(13)16/h9,14H,2-8H2,1H3. The molecule has 1 saturated heterocycles. The van der Waals surface area contributed by atoms with Crippen LogP contribution in [0.25, 0.3) is 0 Å². The molecule has 0 aromatic rings. The Morgan fingerprint density at radius 3 is 2.50 bits per heavy atom. The van der Waals surface area contributed by atoms with Gasteiger partial charge in [0, 0.05) is 19.3 Å². The summed E-state index contributed by atoms with van der Waals surface area (Å²) in [4.78, 5) is 34.6. The van der Waals surface area contributed by atoms with Crippen molar-refractivity contribution < 1.29 is 24.2 Å². The largest absolute Gasteiger partial charge is 0.469 e. The maximum Gasteiger partial charge on any atom is 0.305 e. The zero-order chi connectivity index (χ0) is 13.5. The van der Waals surface area contributed by atoms with Crippen LogP contribution in [0.3, 0.4) is 0 Å². The molecule has 1 heterocycles. The minimum atomic E-state index is -0.714. The molecule has 0 aromatic heterocycles. The van der Waals surface area contributed by atoms with Crippen molar-refractivity contribution in [1.29, 1.82) is 0 Å². The topological polar surface area (TPSA) is 83.9 Å². The van der Waals surface area contributed by atoms with Gasteiger partial charge < -0.3 is 9.84 Å². The highest BCUT2D eigenvalue weighted by Crippen LogP contribution is 2.14. The Kier molecular flexibility index (Phi) is 5.77. The van der Waals surface area contributed by atoms with Crippen LogP contribution in [-0.4, -0.2) is 47.5 Å². The normalized spacial score (nSPS) is 17.1. The number of amides is 2. The molecule has 0 bridgehead atoms. The molecule has 1 N–H and O–H groups in total. The lowest BCUT2D eigenvalue weighted by atomic mass is 10.1. The first-order chi connectivity index (χ1) is 8.54. The van der Waals surface area contributed by atoms with Crippen molar-refractivity contribution in [3.8, 4) is 0 Å². The van der Waals surface area contributed by atoms with Gasteiger partial charge in [-0.25, -0.2) is 0 Å². The highest BCUT2D eigenvalue weighted by atomic mass is 16.5. The number of likely N-dealkylation sites (tertiary alicyclic amines) is 1. The van der Waals surface area contributed by atoms with Crippen molar-refractivity contribution in [3.05, 3.63) is 0 Å². The number of ether oxygens (including phenoxy) is 1. The van der Waals surface area contributed by atoms with E-state index in [0.717, 1.165) is 4.90 Å². The summed E-state index contributed by atoms with van der Waals surface area (Å²) in [6.07, 6.45) is 1.85. The fourth-order valence-electron chi connectivity index (χ4n) is 1.88. The lowest BCUT2D eigenvalue weighted by Gasteiger charge is -2.18. The number of β-amino-alcohol motifs (C(OH)–C–C–N with tert-alkyl or cyclic N) is 1. The van der Waals surface area contributed by atoms with Gasteiger partial charge in [0.25, 0.3) is 0 Å². The molecule has 2 amide bonds. The van der Waals surface area contributed by atoms with Crippen molar-refractivity contribution in [1.82, 2.24) is 4.90 Å².